The summed E-state index contributed by atoms with van der Waals surface area (Å²) in [6, 6.07) is 7.43. The third-order valence-electron chi connectivity index (χ3n) is 4.97. The first-order valence-electron chi connectivity index (χ1n) is 9.77. The van der Waals surface area contributed by atoms with Crippen molar-refractivity contribution in [3.8, 4) is 5.75 Å². The zero-order valence-corrected chi connectivity index (χ0v) is 20.4. The van der Waals surface area contributed by atoms with Gasteiger partial charge in [-0.05, 0) is 62.5 Å². The Kier molecular flexibility index (Phi) is 7.03. The standard InChI is InChI=1S/C22H32ClNO4Si/c1-21(2,3)27-20(25)18(28-29(7,8)22(4,5)6)14-26-17-10-9-15-12-19(23)24-13-16(15)11-17/h9-13,18H,14H2,1-8H3. The van der Waals surface area contributed by atoms with Crippen molar-refractivity contribution in [2.45, 2.75) is 71.4 Å². The van der Waals surface area contributed by atoms with Crippen LogP contribution in [0.5, 0.6) is 5.75 Å². The van der Waals surface area contributed by atoms with Gasteiger partial charge in [-0.3, -0.25) is 0 Å². The molecule has 0 saturated carbocycles. The Morgan fingerprint density at radius 1 is 1.10 bits per heavy atom. The molecule has 0 amide bonds. The number of halogens is 1. The summed E-state index contributed by atoms with van der Waals surface area (Å²) in [6.07, 6.45) is 0.899. The SMILES string of the molecule is CC(C)(C)OC(=O)C(COc1ccc2cc(Cl)ncc2c1)O[Si](C)(C)C(C)(C)C. The summed E-state index contributed by atoms with van der Waals surface area (Å²) in [7, 11) is -2.20. The molecule has 29 heavy (non-hydrogen) atoms. The molecular weight excluding hydrogens is 406 g/mol. The highest BCUT2D eigenvalue weighted by molar-refractivity contribution is 6.74. The van der Waals surface area contributed by atoms with Crippen LogP contribution in [0.1, 0.15) is 41.5 Å². The quantitative estimate of drug-likeness (QED) is 0.315. The predicted octanol–water partition coefficient (Wildman–Crippen LogP) is 6.00. The van der Waals surface area contributed by atoms with Gasteiger partial charge in [0.15, 0.2) is 14.4 Å². The van der Waals surface area contributed by atoms with Crippen LogP contribution in [0.4, 0.5) is 0 Å². The molecule has 1 unspecified atom stereocenters. The molecule has 0 radical (unpaired) electrons. The molecule has 0 aliphatic carbocycles. The lowest BCUT2D eigenvalue weighted by Gasteiger charge is -2.39. The molecule has 160 valence electrons. The second kappa shape index (κ2) is 8.62. The van der Waals surface area contributed by atoms with E-state index in [-0.39, 0.29) is 11.6 Å². The lowest BCUT2D eigenvalue weighted by molar-refractivity contribution is -0.165. The smallest absolute Gasteiger partial charge is 0.338 e. The highest BCUT2D eigenvalue weighted by atomic mass is 35.5. The average molecular weight is 438 g/mol. The number of rotatable bonds is 6. The molecule has 0 N–H and O–H groups in total. The van der Waals surface area contributed by atoms with E-state index in [9.17, 15) is 4.79 Å². The molecular formula is C22H32ClNO4Si. The highest BCUT2D eigenvalue weighted by Gasteiger charge is 2.42. The number of carbonyl (C=O) groups excluding carboxylic acids is 1. The molecule has 0 aliphatic rings. The van der Waals surface area contributed by atoms with Crippen LogP contribution >= 0.6 is 11.6 Å². The summed E-state index contributed by atoms with van der Waals surface area (Å²) in [5.41, 5.74) is -0.597. The summed E-state index contributed by atoms with van der Waals surface area (Å²) < 4.78 is 17.9. The summed E-state index contributed by atoms with van der Waals surface area (Å²) in [4.78, 5) is 16.9. The topological polar surface area (TPSA) is 57.7 Å². The summed E-state index contributed by atoms with van der Waals surface area (Å²) in [6.45, 7) is 16.2. The van der Waals surface area contributed by atoms with Crippen molar-refractivity contribution in [1.82, 2.24) is 4.98 Å². The number of fused-ring (bicyclic) bond motifs is 1. The number of nitrogens with zero attached hydrogens (tertiary/aromatic N) is 1. The Morgan fingerprint density at radius 2 is 1.76 bits per heavy atom. The van der Waals surface area contributed by atoms with E-state index < -0.39 is 26.0 Å². The number of esters is 1. The molecule has 1 atom stereocenters. The zero-order chi connectivity index (χ0) is 22.0. The lowest BCUT2D eigenvalue weighted by atomic mass is 10.2. The number of hydrogen-bond acceptors (Lipinski definition) is 5. The predicted molar refractivity (Wildman–Crippen MR) is 120 cm³/mol. The summed E-state index contributed by atoms with van der Waals surface area (Å²) >= 11 is 5.94. The van der Waals surface area contributed by atoms with E-state index >= 15 is 0 Å². The second-order valence-electron chi connectivity index (χ2n) is 9.73. The summed E-state index contributed by atoms with van der Waals surface area (Å²) in [5, 5.41) is 2.28. The average Bonchev–Trinajstić information content (AvgIpc) is 2.55. The van der Waals surface area contributed by atoms with Crippen LogP contribution in [-0.4, -0.2) is 37.6 Å². The van der Waals surface area contributed by atoms with Crippen LogP contribution in [0.2, 0.25) is 23.3 Å². The molecule has 2 rings (SSSR count). The normalized spacial score (nSPS) is 14.0. The van der Waals surface area contributed by atoms with E-state index in [2.05, 4.69) is 38.8 Å². The number of pyridine rings is 1. The zero-order valence-electron chi connectivity index (χ0n) is 18.6. The van der Waals surface area contributed by atoms with E-state index in [0.717, 1.165) is 10.8 Å². The van der Waals surface area contributed by atoms with E-state index in [1.54, 1.807) is 12.3 Å². The molecule has 0 saturated heterocycles. The fourth-order valence-electron chi connectivity index (χ4n) is 2.40. The van der Waals surface area contributed by atoms with Gasteiger partial charge in [0.25, 0.3) is 0 Å². The van der Waals surface area contributed by atoms with Crippen LogP contribution in [-0.2, 0) is 14.0 Å². The van der Waals surface area contributed by atoms with Gasteiger partial charge >= 0.3 is 5.97 Å². The Labute approximate surface area is 179 Å². The number of benzene rings is 1. The van der Waals surface area contributed by atoms with Gasteiger partial charge in [0, 0.05) is 11.6 Å². The summed E-state index contributed by atoms with van der Waals surface area (Å²) in [5.74, 6) is 0.227. The molecule has 5 nitrogen and oxygen atoms in total. The van der Waals surface area contributed by atoms with Gasteiger partial charge in [-0.15, -0.1) is 0 Å². The Balaban J connectivity index is 2.20. The first-order chi connectivity index (χ1) is 13.2. The minimum atomic E-state index is -2.20. The van der Waals surface area contributed by atoms with Gasteiger partial charge in [0.2, 0.25) is 0 Å². The molecule has 0 fully saturated rings. The van der Waals surface area contributed by atoms with Crippen molar-refractivity contribution in [3.05, 3.63) is 35.6 Å². The van der Waals surface area contributed by atoms with Crippen LogP contribution in [0, 0.1) is 0 Å². The van der Waals surface area contributed by atoms with Gasteiger partial charge in [-0.25, -0.2) is 9.78 Å². The first-order valence-corrected chi connectivity index (χ1v) is 13.1. The van der Waals surface area contributed by atoms with Crippen molar-refractivity contribution < 1.29 is 18.7 Å². The maximum Gasteiger partial charge on any atom is 0.338 e. The van der Waals surface area contributed by atoms with E-state index in [1.807, 2.05) is 39.0 Å². The minimum Gasteiger partial charge on any atom is -0.490 e. The highest BCUT2D eigenvalue weighted by Crippen LogP contribution is 2.37. The van der Waals surface area contributed by atoms with Crippen LogP contribution < -0.4 is 4.74 Å². The third kappa shape index (κ3) is 6.69. The fraction of sp³-hybridized carbons (Fsp3) is 0.545. The molecule has 0 aliphatic heterocycles. The van der Waals surface area contributed by atoms with Gasteiger partial charge < -0.3 is 13.9 Å². The van der Waals surface area contributed by atoms with Crippen LogP contribution in [0.3, 0.4) is 0 Å². The molecule has 1 heterocycles. The van der Waals surface area contributed by atoms with Crippen molar-refractivity contribution >= 4 is 36.7 Å². The van der Waals surface area contributed by atoms with E-state index in [0.29, 0.717) is 10.9 Å². The molecule has 1 aromatic heterocycles. The monoisotopic (exact) mass is 437 g/mol. The first kappa shape index (κ1) is 23.6. The second-order valence-corrected chi connectivity index (χ2v) is 14.9. The van der Waals surface area contributed by atoms with Gasteiger partial charge in [0.05, 0.1) is 0 Å². The van der Waals surface area contributed by atoms with Crippen molar-refractivity contribution in [1.29, 1.82) is 0 Å². The third-order valence-corrected chi connectivity index (χ3v) is 9.67. The van der Waals surface area contributed by atoms with Crippen molar-refractivity contribution in [2.24, 2.45) is 0 Å². The van der Waals surface area contributed by atoms with Crippen LogP contribution in [0.25, 0.3) is 10.8 Å². The maximum absolute atomic E-state index is 12.8. The number of ether oxygens (including phenoxy) is 2. The van der Waals surface area contributed by atoms with Gasteiger partial charge in [-0.1, -0.05) is 38.4 Å². The molecule has 7 heteroatoms. The van der Waals surface area contributed by atoms with E-state index in [1.165, 1.54) is 0 Å². The maximum atomic E-state index is 12.8. The minimum absolute atomic E-state index is 0.0405. The Morgan fingerprint density at radius 3 is 2.34 bits per heavy atom. The van der Waals surface area contributed by atoms with E-state index in [4.69, 9.17) is 25.5 Å². The fourth-order valence-corrected chi connectivity index (χ4v) is 3.80. The molecule has 2 aromatic rings. The van der Waals surface area contributed by atoms with Crippen molar-refractivity contribution in [2.75, 3.05) is 6.61 Å². The molecule has 1 aromatic carbocycles. The number of hydrogen-bond donors (Lipinski definition) is 0. The Bertz CT molecular complexity index is 871. The molecule has 0 spiro atoms. The lowest BCUT2D eigenvalue weighted by Crippen LogP contribution is -2.49. The molecule has 0 bridgehead atoms. The van der Waals surface area contributed by atoms with Gasteiger partial charge in [0.1, 0.15) is 23.1 Å². The number of carbonyl (C=O) groups is 1. The van der Waals surface area contributed by atoms with Gasteiger partial charge in [-0.2, -0.15) is 0 Å². The Hall–Kier alpha value is -1.63. The van der Waals surface area contributed by atoms with Crippen LogP contribution in [0.15, 0.2) is 30.5 Å². The van der Waals surface area contributed by atoms with Crippen molar-refractivity contribution in [3.63, 3.8) is 0 Å². The number of aromatic nitrogens is 1. The largest absolute Gasteiger partial charge is 0.490 e.